The van der Waals surface area contributed by atoms with Gasteiger partial charge in [-0.05, 0) is 59.4 Å². The zero-order chi connectivity index (χ0) is 22.9. The van der Waals surface area contributed by atoms with E-state index in [4.69, 9.17) is 0 Å². The average Bonchev–Trinajstić information content (AvgIpc) is 2.90. The van der Waals surface area contributed by atoms with Crippen LogP contribution in [-0.2, 0) is 0 Å². The summed E-state index contributed by atoms with van der Waals surface area (Å²) in [4.78, 5) is 15.6. The predicted octanol–water partition coefficient (Wildman–Crippen LogP) is 6.82. The van der Waals surface area contributed by atoms with Gasteiger partial charge in [0.15, 0.2) is 0 Å². The Morgan fingerprint density at radius 2 is 1.15 bits per heavy atom. The Balaban J connectivity index is 1.49. The summed E-state index contributed by atoms with van der Waals surface area (Å²) >= 11 is 0. The molecule has 2 aliphatic heterocycles. The highest BCUT2D eigenvalue weighted by Gasteiger charge is 2.35. The van der Waals surface area contributed by atoms with Crippen molar-refractivity contribution in [3.05, 3.63) is 131 Å². The Bertz CT molecular complexity index is 1230. The lowest BCUT2D eigenvalue weighted by Crippen LogP contribution is -2.37. The molecule has 0 spiro atoms. The number of benzene rings is 4. The molecule has 4 aromatic carbocycles. The molecule has 2 heterocycles. The van der Waals surface area contributed by atoms with E-state index in [9.17, 15) is 4.79 Å². The van der Waals surface area contributed by atoms with E-state index >= 15 is 0 Å². The van der Waals surface area contributed by atoms with Crippen LogP contribution in [0, 0.1) is 0 Å². The van der Waals surface area contributed by atoms with E-state index in [-0.39, 0.29) is 5.91 Å². The quantitative estimate of drug-likeness (QED) is 0.375. The molecule has 0 bridgehead atoms. The van der Waals surface area contributed by atoms with Crippen molar-refractivity contribution < 1.29 is 4.79 Å². The normalized spacial score (nSPS) is 18.8. The smallest absolute Gasteiger partial charge is 0.255 e. The van der Waals surface area contributed by atoms with Gasteiger partial charge < -0.3 is 10.2 Å². The molecule has 0 radical (unpaired) electrons. The van der Waals surface area contributed by atoms with Gasteiger partial charge in [0.1, 0.15) is 0 Å². The summed E-state index contributed by atoms with van der Waals surface area (Å²) in [5.41, 5.74) is 8.29. The number of hydrogen-bond donors (Lipinski definition) is 1. The highest BCUT2D eigenvalue weighted by molar-refractivity contribution is 6.04. The first-order valence-corrected chi connectivity index (χ1v) is 12.2. The maximum Gasteiger partial charge on any atom is 0.255 e. The van der Waals surface area contributed by atoms with Gasteiger partial charge in [-0.3, -0.25) is 4.79 Å². The Labute approximate surface area is 201 Å². The summed E-state index contributed by atoms with van der Waals surface area (Å²) in [6.45, 7) is 2.13. The Kier molecular flexibility index (Phi) is 5.38. The molecule has 1 amide bonds. The van der Waals surface area contributed by atoms with Crippen molar-refractivity contribution in [2.75, 3.05) is 23.3 Å². The first-order valence-electron chi connectivity index (χ1n) is 12.2. The van der Waals surface area contributed by atoms with Gasteiger partial charge in [0.05, 0.1) is 0 Å². The first-order chi connectivity index (χ1) is 16.8. The van der Waals surface area contributed by atoms with Crippen molar-refractivity contribution in [3.63, 3.8) is 0 Å². The van der Waals surface area contributed by atoms with Crippen molar-refractivity contribution in [2.45, 2.75) is 24.7 Å². The minimum atomic E-state index is -0.0660. The van der Waals surface area contributed by atoms with Crippen LogP contribution >= 0.6 is 0 Å². The van der Waals surface area contributed by atoms with Gasteiger partial charge in [0.2, 0.25) is 0 Å². The molecule has 168 valence electrons. The topological polar surface area (TPSA) is 32.3 Å². The third-order valence-corrected chi connectivity index (χ3v) is 7.31. The SMILES string of the molecule is O=C(Nc1cc2c3c(c1)[C@H](c1ccccc1)CCN3CC[C@H]2c1ccccc1)c1ccccc1. The molecule has 34 heavy (non-hydrogen) atoms. The average molecular weight is 445 g/mol. The maximum atomic E-state index is 13.0. The minimum absolute atomic E-state index is 0.0660. The Morgan fingerprint density at radius 1 is 0.676 bits per heavy atom. The first kappa shape index (κ1) is 20.7. The maximum absolute atomic E-state index is 13.0. The monoisotopic (exact) mass is 444 g/mol. The highest BCUT2D eigenvalue weighted by atomic mass is 16.1. The van der Waals surface area contributed by atoms with Crippen LogP contribution in [0.25, 0.3) is 0 Å². The number of anilines is 2. The van der Waals surface area contributed by atoms with Crippen LogP contribution in [0.4, 0.5) is 11.4 Å². The van der Waals surface area contributed by atoms with Crippen LogP contribution in [0.15, 0.2) is 103 Å². The molecular weight excluding hydrogens is 416 g/mol. The summed E-state index contributed by atoms with van der Waals surface area (Å²) in [5, 5.41) is 3.21. The molecule has 0 saturated carbocycles. The van der Waals surface area contributed by atoms with Crippen LogP contribution in [0.1, 0.15) is 57.3 Å². The second-order valence-electron chi connectivity index (χ2n) is 9.31. The van der Waals surface area contributed by atoms with Crippen LogP contribution in [-0.4, -0.2) is 19.0 Å². The van der Waals surface area contributed by atoms with Gasteiger partial charge in [-0.2, -0.15) is 0 Å². The van der Waals surface area contributed by atoms with Gasteiger partial charge in [0, 0.05) is 41.9 Å². The molecule has 0 fully saturated rings. The van der Waals surface area contributed by atoms with Crippen molar-refractivity contribution in [1.82, 2.24) is 0 Å². The fourth-order valence-corrected chi connectivity index (χ4v) is 5.72. The lowest BCUT2D eigenvalue weighted by Gasteiger charge is -2.43. The molecule has 4 aromatic rings. The highest BCUT2D eigenvalue weighted by Crippen LogP contribution is 2.49. The fraction of sp³-hybridized carbons (Fsp3) is 0.194. The third kappa shape index (κ3) is 3.77. The molecule has 0 aromatic heterocycles. The van der Waals surface area contributed by atoms with E-state index in [0.717, 1.165) is 31.6 Å². The lowest BCUT2D eigenvalue weighted by molar-refractivity contribution is 0.102. The number of carbonyl (C=O) groups excluding carboxylic acids is 1. The second-order valence-corrected chi connectivity index (χ2v) is 9.31. The van der Waals surface area contributed by atoms with Crippen LogP contribution < -0.4 is 10.2 Å². The molecule has 1 N–H and O–H groups in total. The molecular formula is C31H28N2O. The van der Waals surface area contributed by atoms with Gasteiger partial charge in [-0.15, -0.1) is 0 Å². The van der Waals surface area contributed by atoms with Crippen molar-refractivity contribution in [2.24, 2.45) is 0 Å². The number of nitrogens with one attached hydrogen (secondary N) is 1. The van der Waals surface area contributed by atoms with E-state index in [1.165, 1.54) is 27.9 Å². The van der Waals surface area contributed by atoms with E-state index in [0.29, 0.717) is 17.4 Å². The van der Waals surface area contributed by atoms with Gasteiger partial charge in [-0.1, -0.05) is 78.9 Å². The van der Waals surface area contributed by atoms with Crippen LogP contribution in [0.3, 0.4) is 0 Å². The zero-order valence-corrected chi connectivity index (χ0v) is 19.2. The van der Waals surface area contributed by atoms with Gasteiger partial charge in [0.25, 0.3) is 5.91 Å². The van der Waals surface area contributed by atoms with Crippen molar-refractivity contribution in [1.29, 1.82) is 0 Å². The van der Waals surface area contributed by atoms with Gasteiger partial charge >= 0.3 is 0 Å². The number of nitrogens with zero attached hydrogens (tertiary/aromatic N) is 1. The minimum Gasteiger partial charge on any atom is -0.371 e. The van der Waals surface area contributed by atoms with Gasteiger partial charge in [-0.25, -0.2) is 0 Å². The lowest BCUT2D eigenvalue weighted by atomic mass is 9.76. The molecule has 6 rings (SSSR count). The number of hydrogen-bond acceptors (Lipinski definition) is 2. The molecule has 3 nitrogen and oxygen atoms in total. The molecule has 0 unspecified atom stereocenters. The Hall–Kier alpha value is -3.85. The van der Waals surface area contributed by atoms with E-state index < -0.39 is 0 Å². The second kappa shape index (κ2) is 8.83. The van der Waals surface area contributed by atoms with Crippen molar-refractivity contribution >= 4 is 17.3 Å². The molecule has 0 aliphatic carbocycles. The summed E-state index contributed by atoms with van der Waals surface area (Å²) < 4.78 is 0. The standard InChI is InChI=1S/C31H28N2O/c34-31(24-14-8-3-9-15-24)32-25-20-28-26(22-10-4-1-5-11-22)16-18-33-19-17-27(29(21-25)30(28)33)23-12-6-2-7-13-23/h1-15,20-21,26-27H,16-19H2,(H,32,34)/t26-,27-/m0/s1. The fourth-order valence-electron chi connectivity index (χ4n) is 5.72. The molecule has 0 saturated heterocycles. The van der Waals surface area contributed by atoms with E-state index in [2.05, 4.69) is 83.0 Å². The van der Waals surface area contributed by atoms with E-state index in [1.54, 1.807) is 0 Å². The number of amides is 1. The Morgan fingerprint density at radius 3 is 1.65 bits per heavy atom. The number of rotatable bonds is 4. The summed E-state index contributed by atoms with van der Waals surface area (Å²) in [7, 11) is 0. The summed E-state index contributed by atoms with van der Waals surface area (Å²) in [6.07, 6.45) is 2.17. The summed E-state index contributed by atoms with van der Waals surface area (Å²) in [5.74, 6) is 0.590. The van der Waals surface area contributed by atoms with Crippen molar-refractivity contribution in [3.8, 4) is 0 Å². The molecule has 2 aliphatic rings. The molecule has 2 atom stereocenters. The largest absolute Gasteiger partial charge is 0.371 e. The zero-order valence-electron chi connectivity index (χ0n) is 19.2. The van der Waals surface area contributed by atoms with Crippen LogP contribution in [0.2, 0.25) is 0 Å². The van der Waals surface area contributed by atoms with E-state index in [1.807, 2.05) is 30.3 Å². The number of carbonyl (C=O) groups is 1. The predicted molar refractivity (Wildman–Crippen MR) is 139 cm³/mol. The molecule has 3 heteroatoms. The summed E-state index contributed by atoms with van der Waals surface area (Å²) in [6, 6.07) is 35.5. The third-order valence-electron chi connectivity index (χ3n) is 7.31. The van der Waals surface area contributed by atoms with Crippen LogP contribution in [0.5, 0.6) is 0 Å².